The lowest BCUT2D eigenvalue weighted by molar-refractivity contribution is 0.0992. The summed E-state index contributed by atoms with van der Waals surface area (Å²) in [5, 5.41) is 18.5. The first-order valence-corrected chi connectivity index (χ1v) is 5.26. The lowest BCUT2D eigenvalue weighted by Gasteiger charge is -2.03. The van der Waals surface area contributed by atoms with Crippen molar-refractivity contribution in [1.82, 2.24) is 0 Å². The molecular weight excluding hydrogens is 216 g/mol. The summed E-state index contributed by atoms with van der Waals surface area (Å²) in [6.07, 6.45) is 0.283. The lowest BCUT2D eigenvalue weighted by atomic mass is 10.0. The van der Waals surface area contributed by atoms with Gasteiger partial charge in [-0.15, -0.1) is 0 Å². The third-order valence-electron chi connectivity index (χ3n) is 2.50. The van der Waals surface area contributed by atoms with Gasteiger partial charge in [0, 0.05) is 12.0 Å². The largest absolute Gasteiger partial charge is 0.504 e. The quantitative estimate of drug-likeness (QED) is 0.627. The Morgan fingerprint density at radius 1 is 0.941 bits per heavy atom. The van der Waals surface area contributed by atoms with Crippen LogP contribution < -0.4 is 0 Å². The van der Waals surface area contributed by atoms with Crippen LogP contribution in [0.4, 0.5) is 0 Å². The molecule has 0 saturated carbocycles. The van der Waals surface area contributed by atoms with Crippen molar-refractivity contribution >= 4 is 5.78 Å². The van der Waals surface area contributed by atoms with E-state index in [1.165, 1.54) is 18.2 Å². The predicted molar refractivity (Wildman–Crippen MR) is 64.2 cm³/mol. The van der Waals surface area contributed by atoms with Gasteiger partial charge in [-0.25, -0.2) is 0 Å². The highest BCUT2D eigenvalue weighted by molar-refractivity contribution is 5.98. The molecular formula is C14H12O3. The second-order valence-corrected chi connectivity index (χ2v) is 3.79. The molecule has 0 aliphatic rings. The summed E-state index contributed by atoms with van der Waals surface area (Å²) in [6.45, 7) is 0. The molecule has 0 heterocycles. The van der Waals surface area contributed by atoms with E-state index in [4.69, 9.17) is 5.11 Å². The average Bonchev–Trinajstić information content (AvgIpc) is 2.34. The van der Waals surface area contributed by atoms with Crippen molar-refractivity contribution in [3.63, 3.8) is 0 Å². The number of phenolic OH excluding ortho intramolecular Hbond substituents is 2. The van der Waals surface area contributed by atoms with Gasteiger partial charge in [0.25, 0.3) is 0 Å². The topological polar surface area (TPSA) is 57.5 Å². The molecule has 0 atom stereocenters. The number of benzene rings is 2. The van der Waals surface area contributed by atoms with E-state index < -0.39 is 0 Å². The molecule has 0 aromatic heterocycles. The standard InChI is InChI=1S/C14H12O3/c15-12-7-6-11(9-14(12)17)13(16)8-10-4-2-1-3-5-10/h1-7,9,15,17H,8H2. The fourth-order valence-corrected chi connectivity index (χ4v) is 1.58. The van der Waals surface area contributed by atoms with E-state index in [9.17, 15) is 9.90 Å². The van der Waals surface area contributed by atoms with E-state index in [-0.39, 0.29) is 23.7 Å². The van der Waals surface area contributed by atoms with E-state index in [0.717, 1.165) is 5.56 Å². The Morgan fingerprint density at radius 3 is 2.29 bits per heavy atom. The van der Waals surface area contributed by atoms with Gasteiger partial charge in [-0.05, 0) is 23.8 Å². The minimum absolute atomic E-state index is 0.0912. The van der Waals surface area contributed by atoms with Crippen LogP contribution >= 0.6 is 0 Å². The summed E-state index contributed by atoms with van der Waals surface area (Å²) in [7, 11) is 0. The zero-order chi connectivity index (χ0) is 12.3. The molecule has 3 heteroatoms. The van der Waals surface area contributed by atoms with Gasteiger partial charge in [0.05, 0.1) is 0 Å². The highest BCUT2D eigenvalue weighted by Crippen LogP contribution is 2.25. The number of hydrogen-bond donors (Lipinski definition) is 2. The van der Waals surface area contributed by atoms with Crippen LogP contribution in [0.3, 0.4) is 0 Å². The molecule has 0 aliphatic heterocycles. The van der Waals surface area contributed by atoms with Crippen LogP contribution in [0, 0.1) is 0 Å². The molecule has 3 nitrogen and oxygen atoms in total. The Hall–Kier alpha value is -2.29. The third kappa shape index (κ3) is 2.64. The molecule has 0 unspecified atom stereocenters. The molecule has 0 amide bonds. The van der Waals surface area contributed by atoms with Gasteiger partial charge in [0.1, 0.15) is 0 Å². The fourth-order valence-electron chi connectivity index (χ4n) is 1.58. The number of hydrogen-bond acceptors (Lipinski definition) is 3. The summed E-state index contributed by atoms with van der Waals surface area (Å²) < 4.78 is 0. The highest BCUT2D eigenvalue weighted by Gasteiger charge is 2.09. The second-order valence-electron chi connectivity index (χ2n) is 3.79. The van der Waals surface area contributed by atoms with E-state index in [1.54, 1.807) is 0 Å². The van der Waals surface area contributed by atoms with E-state index in [1.807, 2.05) is 30.3 Å². The van der Waals surface area contributed by atoms with Crippen molar-refractivity contribution in [2.24, 2.45) is 0 Å². The first-order valence-electron chi connectivity index (χ1n) is 5.26. The van der Waals surface area contributed by atoms with Gasteiger partial charge in [-0.3, -0.25) is 4.79 Å². The molecule has 0 spiro atoms. The Morgan fingerprint density at radius 2 is 1.65 bits per heavy atom. The van der Waals surface area contributed by atoms with E-state index >= 15 is 0 Å². The van der Waals surface area contributed by atoms with Gasteiger partial charge in [0.2, 0.25) is 0 Å². The third-order valence-corrected chi connectivity index (χ3v) is 2.50. The molecule has 86 valence electrons. The first-order chi connectivity index (χ1) is 8.16. The molecule has 0 bridgehead atoms. The molecule has 0 aliphatic carbocycles. The van der Waals surface area contributed by atoms with Gasteiger partial charge in [-0.1, -0.05) is 30.3 Å². The minimum atomic E-state index is -0.274. The molecule has 17 heavy (non-hydrogen) atoms. The van der Waals surface area contributed by atoms with Crippen LogP contribution in [-0.4, -0.2) is 16.0 Å². The van der Waals surface area contributed by atoms with Crippen molar-refractivity contribution in [2.75, 3.05) is 0 Å². The van der Waals surface area contributed by atoms with Gasteiger partial charge in [-0.2, -0.15) is 0 Å². The van der Waals surface area contributed by atoms with Crippen molar-refractivity contribution < 1.29 is 15.0 Å². The number of carbonyl (C=O) groups excluding carboxylic acids is 1. The highest BCUT2D eigenvalue weighted by atomic mass is 16.3. The first kappa shape index (κ1) is 11.2. The maximum atomic E-state index is 11.9. The van der Waals surface area contributed by atoms with Crippen molar-refractivity contribution in [2.45, 2.75) is 6.42 Å². The summed E-state index contributed by atoms with van der Waals surface area (Å²) in [4.78, 5) is 11.9. The number of Topliss-reactive ketones (excluding diaryl/α,β-unsaturated/α-hetero) is 1. The van der Waals surface area contributed by atoms with Crippen molar-refractivity contribution in [3.05, 3.63) is 59.7 Å². The summed E-state index contributed by atoms with van der Waals surface area (Å²) in [5.41, 5.74) is 1.31. The molecule has 2 aromatic carbocycles. The number of aromatic hydroxyl groups is 2. The van der Waals surface area contributed by atoms with Crippen LogP contribution in [0.15, 0.2) is 48.5 Å². The molecule has 2 aromatic rings. The monoisotopic (exact) mass is 228 g/mol. The fraction of sp³-hybridized carbons (Fsp3) is 0.0714. The summed E-state index contributed by atoms with van der Waals surface area (Å²) in [6, 6.07) is 13.5. The number of rotatable bonds is 3. The molecule has 0 radical (unpaired) electrons. The zero-order valence-corrected chi connectivity index (χ0v) is 9.13. The number of ketones is 1. The van der Waals surface area contributed by atoms with Crippen LogP contribution in [0.1, 0.15) is 15.9 Å². The number of carbonyl (C=O) groups is 1. The smallest absolute Gasteiger partial charge is 0.167 e. The average molecular weight is 228 g/mol. The van der Waals surface area contributed by atoms with Crippen LogP contribution in [0.5, 0.6) is 11.5 Å². The van der Waals surface area contributed by atoms with E-state index in [0.29, 0.717) is 5.56 Å². The van der Waals surface area contributed by atoms with Crippen LogP contribution in [0.25, 0.3) is 0 Å². The van der Waals surface area contributed by atoms with Gasteiger partial charge < -0.3 is 10.2 Å². The van der Waals surface area contributed by atoms with Gasteiger partial charge >= 0.3 is 0 Å². The predicted octanol–water partition coefficient (Wildman–Crippen LogP) is 2.52. The molecule has 2 N–H and O–H groups in total. The van der Waals surface area contributed by atoms with Crippen molar-refractivity contribution in [1.29, 1.82) is 0 Å². The molecule has 2 rings (SSSR count). The molecule has 0 fully saturated rings. The Balaban J connectivity index is 2.18. The number of phenols is 2. The normalized spacial score (nSPS) is 10.1. The Bertz CT molecular complexity index is 532. The van der Waals surface area contributed by atoms with Gasteiger partial charge in [0.15, 0.2) is 17.3 Å². The Labute approximate surface area is 99.0 Å². The maximum Gasteiger partial charge on any atom is 0.167 e. The van der Waals surface area contributed by atoms with Crippen LogP contribution in [-0.2, 0) is 6.42 Å². The zero-order valence-electron chi connectivity index (χ0n) is 9.13. The van der Waals surface area contributed by atoms with E-state index in [2.05, 4.69) is 0 Å². The second kappa shape index (κ2) is 4.70. The maximum absolute atomic E-state index is 11.9. The molecule has 0 saturated heterocycles. The summed E-state index contributed by atoms with van der Waals surface area (Å²) in [5.74, 6) is -0.586. The summed E-state index contributed by atoms with van der Waals surface area (Å²) >= 11 is 0. The van der Waals surface area contributed by atoms with Crippen molar-refractivity contribution in [3.8, 4) is 11.5 Å². The van der Waals surface area contributed by atoms with Crippen LogP contribution in [0.2, 0.25) is 0 Å². The minimum Gasteiger partial charge on any atom is -0.504 e. The SMILES string of the molecule is O=C(Cc1ccccc1)c1ccc(O)c(O)c1. The lowest BCUT2D eigenvalue weighted by Crippen LogP contribution is -2.03. The Kier molecular flexibility index (Phi) is 3.10.